The zero-order valence-corrected chi connectivity index (χ0v) is 17.5. The van der Waals surface area contributed by atoms with Gasteiger partial charge in [0.25, 0.3) is 5.91 Å². The van der Waals surface area contributed by atoms with Crippen LogP contribution in [-0.2, 0) is 6.54 Å². The van der Waals surface area contributed by atoms with E-state index in [1.807, 2.05) is 43.0 Å². The average molecular weight is 387 g/mol. The van der Waals surface area contributed by atoms with Crippen LogP contribution in [0.4, 0.5) is 0 Å². The predicted molar refractivity (Wildman–Crippen MR) is 115 cm³/mol. The number of carbonyl (C=O) groups is 1. The second-order valence-electron chi connectivity index (χ2n) is 6.44. The largest absolute Gasteiger partial charge is 0.356 e. The van der Waals surface area contributed by atoms with Gasteiger partial charge in [-0.2, -0.15) is 11.3 Å². The minimum atomic E-state index is 0.0828. The van der Waals surface area contributed by atoms with E-state index >= 15 is 0 Å². The number of aliphatic imine (C=N–C) groups is 1. The molecule has 27 heavy (non-hydrogen) atoms. The molecule has 1 aromatic carbocycles. The Balaban J connectivity index is 1.84. The lowest BCUT2D eigenvalue weighted by molar-refractivity contribution is 0.0773. The predicted octanol–water partition coefficient (Wildman–Crippen LogP) is 3.70. The lowest BCUT2D eigenvalue weighted by Crippen LogP contribution is -2.38. The van der Waals surface area contributed by atoms with Crippen LogP contribution < -0.4 is 10.6 Å². The first-order valence-corrected chi connectivity index (χ1v) is 10.4. The number of nitrogens with zero attached hydrogens (tertiary/aromatic N) is 2. The molecular weight excluding hydrogens is 356 g/mol. The highest BCUT2D eigenvalue weighted by molar-refractivity contribution is 7.07. The van der Waals surface area contributed by atoms with E-state index in [9.17, 15) is 4.79 Å². The first kappa shape index (κ1) is 21.0. The molecule has 0 fully saturated rings. The monoisotopic (exact) mass is 386 g/mol. The van der Waals surface area contributed by atoms with Gasteiger partial charge in [0.05, 0.1) is 0 Å². The molecule has 0 spiro atoms. The van der Waals surface area contributed by atoms with Crippen LogP contribution in [0.25, 0.3) is 0 Å². The van der Waals surface area contributed by atoms with Crippen molar-refractivity contribution in [1.29, 1.82) is 0 Å². The molecule has 1 atom stereocenters. The smallest absolute Gasteiger partial charge is 0.253 e. The van der Waals surface area contributed by atoms with E-state index in [0.717, 1.165) is 36.7 Å². The summed E-state index contributed by atoms with van der Waals surface area (Å²) in [6.07, 6.45) is 0. The van der Waals surface area contributed by atoms with Gasteiger partial charge in [-0.25, -0.2) is 0 Å². The number of benzene rings is 1. The summed E-state index contributed by atoms with van der Waals surface area (Å²) in [6.45, 7) is 9.14. The van der Waals surface area contributed by atoms with Crippen molar-refractivity contribution in [1.82, 2.24) is 15.5 Å². The number of rotatable bonds is 8. The van der Waals surface area contributed by atoms with Gasteiger partial charge in [0.2, 0.25) is 0 Å². The van der Waals surface area contributed by atoms with Crippen molar-refractivity contribution in [2.24, 2.45) is 4.99 Å². The van der Waals surface area contributed by atoms with Gasteiger partial charge in [0.1, 0.15) is 0 Å². The van der Waals surface area contributed by atoms with Gasteiger partial charge in [-0.1, -0.05) is 19.1 Å². The number of hydrogen-bond donors (Lipinski definition) is 2. The summed E-state index contributed by atoms with van der Waals surface area (Å²) in [6, 6.07) is 9.93. The molecule has 0 saturated heterocycles. The van der Waals surface area contributed by atoms with Crippen molar-refractivity contribution < 1.29 is 4.79 Å². The Morgan fingerprint density at radius 2 is 1.85 bits per heavy atom. The van der Waals surface area contributed by atoms with Gasteiger partial charge >= 0.3 is 0 Å². The third-order valence-electron chi connectivity index (χ3n) is 4.62. The fourth-order valence-electron chi connectivity index (χ4n) is 2.79. The third-order valence-corrected chi connectivity index (χ3v) is 5.32. The zero-order chi connectivity index (χ0) is 19.6. The summed E-state index contributed by atoms with van der Waals surface area (Å²) in [4.78, 5) is 18.5. The minimum absolute atomic E-state index is 0.0828. The Hall–Kier alpha value is -2.34. The summed E-state index contributed by atoms with van der Waals surface area (Å²) in [5.41, 5.74) is 3.19. The Morgan fingerprint density at radius 3 is 2.41 bits per heavy atom. The topological polar surface area (TPSA) is 56.7 Å². The molecule has 5 nitrogen and oxygen atoms in total. The van der Waals surface area contributed by atoms with E-state index in [-0.39, 0.29) is 5.91 Å². The molecule has 2 aromatic rings. The molecule has 1 heterocycles. The molecule has 0 aliphatic carbocycles. The maximum atomic E-state index is 12.4. The van der Waals surface area contributed by atoms with E-state index in [1.165, 1.54) is 5.56 Å². The Kier molecular flexibility index (Phi) is 8.33. The number of carbonyl (C=O) groups excluding carboxylic acids is 1. The molecular formula is C21H30N4OS. The lowest BCUT2D eigenvalue weighted by atomic mass is 10.1. The van der Waals surface area contributed by atoms with Crippen LogP contribution in [0.3, 0.4) is 0 Å². The second kappa shape index (κ2) is 10.7. The number of guanidine groups is 1. The van der Waals surface area contributed by atoms with Gasteiger partial charge in [0, 0.05) is 38.8 Å². The summed E-state index contributed by atoms with van der Waals surface area (Å²) in [5, 5.41) is 11.0. The van der Waals surface area contributed by atoms with Gasteiger partial charge in [0.15, 0.2) is 5.96 Å². The molecule has 1 amide bonds. The van der Waals surface area contributed by atoms with Gasteiger partial charge < -0.3 is 15.5 Å². The highest BCUT2D eigenvalue weighted by Gasteiger charge is 2.12. The van der Waals surface area contributed by atoms with Crippen molar-refractivity contribution >= 4 is 23.2 Å². The van der Waals surface area contributed by atoms with Crippen LogP contribution in [0.5, 0.6) is 0 Å². The van der Waals surface area contributed by atoms with Gasteiger partial charge in [-0.05, 0) is 59.9 Å². The normalized spacial score (nSPS) is 12.5. The zero-order valence-electron chi connectivity index (χ0n) is 16.7. The van der Waals surface area contributed by atoms with Crippen LogP contribution in [0.2, 0.25) is 0 Å². The number of amides is 1. The molecule has 0 radical (unpaired) electrons. The van der Waals surface area contributed by atoms with Crippen LogP contribution in [0.1, 0.15) is 48.2 Å². The second-order valence-corrected chi connectivity index (χ2v) is 7.22. The summed E-state index contributed by atoms with van der Waals surface area (Å²) < 4.78 is 0. The summed E-state index contributed by atoms with van der Waals surface area (Å²) in [5.74, 6) is 1.29. The number of thiophene rings is 1. The van der Waals surface area contributed by atoms with Crippen LogP contribution in [0.15, 0.2) is 46.1 Å². The van der Waals surface area contributed by atoms with Crippen LogP contribution >= 0.6 is 11.3 Å². The van der Waals surface area contributed by atoms with E-state index in [0.29, 0.717) is 12.5 Å². The molecule has 0 bridgehead atoms. The first-order chi connectivity index (χ1) is 13.1. The molecule has 6 heteroatoms. The minimum Gasteiger partial charge on any atom is -0.356 e. The van der Waals surface area contributed by atoms with Crippen molar-refractivity contribution in [3.63, 3.8) is 0 Å². The van der Waals surface area contributed by atoms with Crippen molar-refractivity contribution in [3.05, 3.63) is 57.8 Å². The van der Waals surface area contributed by atoms with E-state index in [1.54, 1.807) is 18.4 Å². The summed E-state index contributed by atoms with van der Waals surface area (Å²) in [7, 11) is 1.77. The Labute approximate surface area is 166 Å². The highest BCUT2D eigenvalue weighted by Crippen LogP contribution is 2.17. The molecule has 2 rings (SSSR count). The van der Waals surface area contributed by atoms with E-state index in [4.69, 9.17) is 0 Å². The first-order valence-electron chi connectivity index (χ1n) is 9.43. The molecule has 1 unspecified atom stereocenters. The highest BCUT2D eigenvalue weighted by atomic mass is 32.1. The van der Waals surface area contributed by atoms with Crippen molar-refractivity contribution in [3.8, 4) is 0 Å². The quantitative estimate of drug-likeness (QED) is 0.537. The van der Waals surface area contributed by atoms with E-state index in [2.05, 4.69) is 39.4 Å². The number of hydrogen-bond acceptors (Lipinski definition) is 3. The SMILES string of the molecule is CCN(CC)C(=O)c1ccc(CNC(=NC)NCC(C)c2ccsc2)cc1. The van der Waals surface area contributed by atoms with E-state index < -0.39 is 0 Å². The molecule has 0 aliphatic heterocycles. The van der Waals surface area contributed by atoms with Gasteiger partial charge in [-0.3, -0.25) is 9.79 Å². The van der Waals surface area contributed by atoms with Gasteiger partial charge in [-0.15, -0.1) is 0 Å². The fraction of sp³-hybridized carbons (Fsp3) is 0.429. The maximum absolute atomic E-state index is 12.4. The summed E-state index contributed by atoms with van der Waals surface area (Å²) >= 11 is 1.72. The maximum Gasteiger partial charge on any atom is 0.253 e. The number of nitrogens with one attached hydrogen (secondary N) is 2. The average Bonchev–Trinajstić information content (AvgIpc) is 3.24. The molecule has 0 saturated carbocycles. The fourth-order valence-corrected chi connectivity index (χ4v) is 3.57. The Morgan fingerprint density at radius 1 is 1.15 bits per heavy atom. The Bertz CT molecular complexity index is 721. The molecule has 146 valence electrons. The van der Waals surface area contributed by atoms with Crippen molar-refractivity contribution in [2.45, 2.75) is 33.2 Å². The molecule has 2 N–H and O–H groups in total. The van der Waals surface area contributed by atoms with Crippen LogP contribution in [-0.4, -0.2) is 43.4 Å². The third kappa shape index (κ3) is 6.10. The molecule has 1 aromatic heterocycles. The van der Waals surface area contributed by atoms with Crippen molar-refractivity contribution in [2.75, 3.05) is 26.7 Å². The standard InChI is InChI=1S/C21H30N4OS/c1-5-25(6-2)20(26)18-9-7-17(8-10-18)14-24-21(22-4)23-13-16(3)19-11-12-27-15-19/h7-12,15-16H,5-6,13-14H2,1-4H3,(H2,22,23,24). The molecule has 0 aliphatic rings. The lowest BCUT2D eigenvalue weighted by Gasteiger charge is -2.19. The van der Waals surface area contributed by atoms with Crippen LogP contribution in [0, 0.1) is 0 Å².